The van der Waals surface area contributed by atoms with Gasteiger partial charge >= 0.3 is 0 Å². The molecule has 0 spiro atoms. The van der Waals surface area contributed by atoms with Crippen LogP contribution in [0.25, 0.3) is 0 Å². The molecule has 0 aromatic heterocycles. The molecule has 0 aliphatic rings. The van der Waals surface area contributed by atoms with Gasteiger partial charge in [0, 0.05) is 6.42 Å². The smallest absolute Gasteiger partial charge is 0.220 e. The van der Waals surface area contributed by atoms with Gasteiger partial charge in [-0.1, -0.05) is 18.2 Å². The molecule has 27 heavy (non-hydrogen) atoms. The predicted octanol–water partition coefficient (Wildman–Crippen LogP) is 4.30. The second-order valence-electron chi connectivity index (χ2n) is 6.21. The fourth-order valence-electron chi connectivity index (χ4n) is 2.78. The van der Waals surface area contributed by atoms with Crippen LogP contribution in [0.15, 0.2) is 42.5 Å². The minimum absolute atomic E-state index is 0.0187. The number of carbonyl (C=O) groups excluding carboxylic acids is 1. The molecule has 0 saturated carbocycles. The molecule has 0 aliphatic carbocycles. The molecule has 5 nitrogen and oxygen atoms in total. The summed E-state index contributed by atoms with van der Waals surface area (Å²) in [6.07, 6.45) is 1.13. The molecule has 2 aromatic rings. The summed E-state index contributed by atoms with van der Waals surface area (Å²) in [5.74, 6) is 2.26. The van der Waals surface area contributed by atoms with Gasteiger partial charge in [0.2, 0.25) is 5.91 Å². The molecule has 0 heterocycles. The number of rotatable bonds is 10. The van der Waals surface area contributed by atoms with Crippen molar-refractivity contribution in [1.82, 2.24) is 5.32 Å². The van der Waals surface area contributed by atoms with Crippen molar-refractivity contribution in [3.05, 3.63) is 53.6 Å². The third-order valence-electron chi connectivity index (χ3n) is 4.24. The van der Waals surface area contributed by atoms with Gasteiger partial charge in [-0.05, 0) is 62.6 Å². The average Bonchev–Trinajstić information content (AvgIpc) is 2.68. The normalized spacial score (nSPS) is 11.6. The van der Waals surface area contributed by atoms with E-state index in [1.54, 1.807) is 7.11 Å². The van der Waals surface area contributed by atoms with Crippen LogP contribution in [0.3, 0.4) is 0 Å². The number of amides is 1. The van der Waals surface area contributed by atoms with E-state index in [0.717, 1.165) is 22.6 Å². The van der Waals surface area contributed by atoms with Crippen molar-refractivity contribution >= 4 is 5.91 Å². The average molecular weight is 371 g/mol. The zero-order chi connectivity index (χ0) is 19.6. The Morgan fingerprint density at radius 2 is 1.67 bits per heavy atom. The van der Waals surface area contributed by atoms with Gasteiger partial charge in [0.25, 0.3) is 0 Å². The predicted molar refractivity (Wildman–Crippen MR) is 107 cm³/mol. The second-order valence-corrected chi connectivity index (χ2v) is 6.21. The Kier molecular flexibility index (Phi) is 7.99. The fourth-order valence-corrected chi connectivity index (χ4v) is 2.78. The summed E-state index contributed by atoms with van der Waals surface area (Å²) in [5, 5.41) is 3.05. The van der Waals surface area contributed by atoms with E-state index in [0.29, 0.717) is 31.8 Å². The van der Waals surface area contributed by atoms with E-state index in [1.165, 1.54) is 0 Å². The Labute approximate surface area is 161 Å². The minimum Gasteiger partial charge on any atom is -0.497 e. The standard InChI is InChI=1S/C22H29NO4/c1-5-26-20-13-10-18(15-21(20)27-6-2)16(3)23-22(24)14-9-17-7-11-19(25-4)12-8-17/h7-8,10-13,15-16H,5-6,9,14H2,1-4H3,(H,23,24)/t16-/m0/s1. The number of methoxy groups -OCH3 is 1. The van der Waals surface area contributed by atoms with E-state index in [2.05, 4.69) is 5.32 Å². The second kappa shape index (κ2) is 10.5. The quantitative estimate of drug-likeness (QED) is 0.676. The van der Waals surface area contributed by atoms with E-state index in [9.17, 15) is 4.79 Å². The molecule has 1 atom stereocenters. The van der Waals surface area contributed by atoms with Crippen molar-refractivity contribution in [2.75, 3.05) is 20.3 Å². The lowest BCUT2D eigenvalue weighted by atomic mass is 10.1. The SMILES string of the molecule is CCOc1ccc([C@H](C)NC(=O)CCc2ccc(OC)cc2)cc1OCC. The Hall–Kier alpha value is -2.69. The van der Waals surface area contributed by atoms with Gasteiger partial charge in [-0.2, -0.15) is 0 Å². The first kappa shape index (κ1) is 20.6. The molecule has 2 aromatic carbocycles. The highest BCUT2D eigenvalue weighted by Gasteiger charge is 2.13. The summed E-state index contributed by atoms with van der Waals surface area (Å²) in [6, 6.07) is 13.5. The van der Waals surface area contributed by atoms with Crippen molar-refractivity contribution in [1.29, 1.82) is 0 Å². The Morgan fingerprint density at radius 1 is 1.00 bits per heavy atom. The Balaban J connectivity index is 1.93. The summed E-state index contributed by atoms with van der Waals surface area (Å²) in [7, 11) is 1.64. The largest absolute Gasteiger partial charge is 0.497 e. The first-order valence-corrected chi connectivity index (χ1v) is 9.39. The third kappa shape index (κ3) is 6.20. The Morgan fingerprint density at radius 3 is 2.30 bits per heavy atom. The third-order valence-corrected chi connectivity index (χ3v) is 4.24. The summed E-state index contributed by atoms with van der Waals surface area (Å²) >= 11 is 0. The van der Waals surface area contributed by atoms with E-state index < -0.39 is 0 Å². The van der Waals surface area contributed by atoms with Crippen LogP contribution in [0.4, 0.5) is 0 Å². The van der Waals surface area contributed by atoms with Crippen LogP contribution >= 0.6 is 0 Å². The molecule has 0 unspecified atom stereocenters. The maximum absolute atomic E-state index is 12.3. The summed E-state index contributed by atoms with van der Waals surface area (Å²) in [4.78, 5) is 12.3. The van der Waals surface area contributed by atoms with Crippen molar-refractivity contribution in [2.24, 2.45) is 0 Å². The molecule has 1 amide bonds. The molecule has 0 radical (unpaired) electrons. The molecule has 5 heteroatoms. The van der Waals surface area contributed by atoms with Crippen molar-refractivity contribution in [3.8, 4) is 17.2 Å². The van der Waals surface area contributed by atoms with Crippen molar-refractivity contribution < 1.29 is 19.0 Å². The van der Waals surface area contributed by atoms with Gasteiger partial charge in [-0.15, -0.1) is 0 Å². The zero-order valence-corrected chi connectivity index (χ0v) is 16.6. The number of carbonyl (C=O) groups is 1. The lowest BCUT2D eigenvalue weighted by Crippen LogP contribution is -2.26. The maximum atomic E-state index is 12.3. The van der Waals surface area contributed by atoms with Gasteiger partial charge in [0.1, 0.15) is 5.75 Å². The molecule has 0 aliphatic heterocycles. The van der Waals surface area contributed by atoms with Gasteiger partial charge in [-0.25, -0.2) is 0 Å². The lowest BCUT2D eigenvalue weighted by Gasteiger charge is -2.17. The highest BCUT2D eigenvalue weighted by molar-refractivity contribution is 5.76. The van der Waals surface area contributed by atoms with Crippen LogP contribution < -0.4 is 19.5 Å². The van der Waals surface area contributed by atoms with Crippen LogP contribution in [0.1, 0.15) is 44.4 Å². The summed E-state index contributed by atoms with van der Waals surface area (Å²) < 4.78 is 16.4. The van der Waals surface area contributed by atoms with Gasteiger partial charge in [0.05, 0.1) is 26.4 Å². The van der Waals surface area contributed by atoms with Crippen LogP contribution in [0.5, 0.6) is 17.2 Å². The van der Waals surface area contributed by atoms with E-state index in [1.807, 2.05) is 63.2 Å². The number of hydrogen-bond acceptors (Lipinski definition) is 4. The van der Waals surface area contributed by atoms with Gasteiger partial charge in [-0.3, -0.25) is 4.79 Å². The van der Waals surface area contributed by atoms with Crippen LogP contribution in [0, 0.1) is 0 Å². The van der Waals surface area contributed by atoms with E-state index in [-0.39, 0.29) is 11.9 Å². The topological polar surface area (TPSA) is 56.8 Å². The number of aryl methyl sites for hydroxylation is 1. The van der Waals surface area contributed by atoms with Crippen LogP contribution in [-0.4, -0.2) is 26.2 Å². The monoisotopic (exact) mass is 371 g/mol. The van der Waals surface area contributed by atoms with E-state index >= 15 is 0 Å². The summed E-state index contributed by atoms with van der Waals surface area (Å²) in [6.45, 7) is 6.99. The fraction of sp³-hybridized carbons (Fsp3) is 0.409. The van der Waals surface area contributed by atoms with Gasteiger partial charge < -0.3 is 19.5 Å². The van der Waals surface area contributed by atoms with Gasteiger partial charge in [0.15, 0.2) is 11.5 Å². The Bertz CT molecular complexity index is 728. The first-order chi connectivity index (χ1) is 13.1. The number of hydrogen-bond donors (Lipinski definition) is 1. The molecular formula is C22H29NO4. The molecule has 0 fully saturated rings. The highest BCUT2D eigenvalue weighted by Crippen LogP contribution is 2.30. The lowest BCUT2D eigenvalue weighted by molar-refractivity contribution is -0.121. The highest BCUT2D eigenvalue weighted by atomic mass is 16.5. The van der Waals surface area contributed by atoms with Crippen molar-refractivity contribution in [3.63, 3.8) is 0 Å². The molecule has 0 bridgehead atoms. The minimum atomic E-state index is -0.108. The maximum Gasteiger partial charge on any atom is 0.220 e. The molecule has 146 valence electrons. The van der Waals surface area contributed by atoms with E-state index in [4.69, 9.17) is 14.2 Å². The number of nitrogens with one attached hydrogen (secondary N) is 1. The van der Waals surface area contributed by atoms with Crippen LogP contribution in [0.2, 0.25) is 0 Å². The zero-order valence-electron chi connectivity index (χ0n) is 16.6. The number of benzene rings is 2. The van der Waals surface area contributed by atoms with Crippen molar-refractivity contribution in [2.45, 2.75) is 39.7 Å². The molecular weight excluding hydrogens is 342 g/mol. The summed E-state index contributed by atoms with van der Waals surface area (Å²) in [5.41, 5.74) is 2.10. The number of ether oxygens (including phenoxy) is 3. The molecule has 0 saturated heterocycles. The molecule has 2 rings (SSSR count). The first-order valence-electron chi connectivity index (χ1n) is 9.39. The van der Waals surface area contributed by atoms with Crippen LogP contribution in [-0.2, 0) is 11.2 Å². The molecule has 1 N–H and O–H groups in total.